The van der Waals surface area contributed by atoms with E-state index in [1.807, 2.05) is 31.9 Å². The van der Waals surface area contributed by atoms with Crippen molar-refractivity contribution in [2.45, 2.75) is 71.8 Å². The summed E-state index contributed by atoms with van der Waals surface area (Å²) in [5.41, 5.74) is 3.85. The van der Waals surface area contributed by atoms with Gasteiger partial charge in [0.15, 0.2) is 0 Å². The molecular formula is C33H45N5O2. The van der Waals surface area contributed by atoms with E-state index in [0.29, 0.717) is 11.8 Å². The maximum absolute atomic E-state index is 12.7. The highest BCUT2D eigenvalue weighted by molar-refractivity contribution is 5.81. The van der Waals surface area contributed by atoms with Gasteiger partial charge in [-0.2, -0.15) is 5.10 Å². The summed E-state index contributed by atoms with van der Waals surface area (Å²) in [5, 5.41) is 20.5. The predicted octanol–water partition coefficient (Wildman–Crippen LogP) is 5.53. The highest BCUT2D eigenvalue weighted by Gasteiger charge is 2.55. The Morgan fingerprint density at radius 1 is 1.05 bits per heavy atom. The fourth-order valence-corrected chi connectivity index (χ4v) is 6.69. The van der Waals surface area contributed by atoms with E-state index in [2.05, 4.69) is 84.3 Å². The van der Waals surface area contributed by atoms with E-state index in [1.54, 1.807) is 6.20 Å². The SMILES string of the molecule is CC(C)c1ccc([C@](O)(c2cncc(-c3cc(C4CCN(C(=O)C(C)(C)C)CC4)[nH]n3)c2)C2(C)CN(C)C2)cc1. The molecule has 0 radical (unpaired) electrons. The number of hydrogen-bond donors (Lipinski definition) is 2. The standard InChI is InChI=1S/C33H45N5O2/c1-22(2)23-8-10-26(11-9-23)33(40,32(6)20-37(7)21-32)27-16-25(18-34-19-27)29-17-28(35-36-29)24-12-14-38(15-13-24)30(39)31(3,4)5/h8-11,16-19,22,24,40H,12-15,20-21H2,1-7H3,(H,35,36)/t33-/m0/s1. The summed E-state index contributed by atoms with van der Waals surface area (Å²) in [6.45, 7) is 15.6. The molecule has 40 heavy (non-hydrogen) atoms. The molecule has 2 fully saturated rings. The molecule has 1 amide bonds. The summed E-state index contributed by atoms with van der Waals surface area (Å²) in [6.07, 6.45) is 5.46. The number of carbonyl (C=O) groups excluding carboxylic acids is 1. The van der Waals surface area contributed by atoms with Crippen molar-refractivity contribution < 1.29 is 9.90 Å². The van der Waals surface area contributed by atoms with Crippen LogP contribution >= 0.6 is 0 Å². The van der Waals surface area contributed by atoms with E-state index < -0.39 is 5.60 Å². The quantitative estimate of drug-likeness (QED) is 0.427. The van der Waals surface area contributed by atoms with Crippen LogP contribution in [0.15, 0.2) is 48.8 Å². The molecule has 2 N–H and O–H groups in total. The maximum atomic E-state index is 12.7. The Balaban J connectivity index is 1.41. The number of carbonyl (C=O) groups is 1. The number of rotatable bonds is 6. The van der Waals surface area contributed by atoms with Crippen LogP contribution in [0.4, 0.5) is 0 Å². The first-order valence-electron chi connectivity index (χ1n) is 14.6. The molecule has 1 atom stereocenters. The fraction of sp³-hybridized carbons (Fsp3) is 0.545. The summed E-state index contributed by atoms with van der Waals surface area (Å²) in [6, 6.07) is 12.6. The molecule has 4 heterocycles. The summed E-state index contributed by atoms with van der Waals surface area (Å²) < 4.78 is 0. The predicted molar refractivity (Wildman–Crippen MR) is 159 cm³/mol. The topological polar surface area (TPSA) is 85.3 Å². The van der Waals surface area contributed by atoms with Crippen LogP contribution in [0, 0.1) is 10.8 Å². The van der Waals surface area contributed by atoms with Crippen molar-refractivity contribution in [2.75, 3.05) is 33.2 Å². The molecule has 7 heteroatoms. The Hall–Kier alpha value is -3.03. The van der Waals surface area contributed by atoms with Gasteiger partial charge in [-0.3, -0.25) is 14.9 Å². The first-order chi connectivity index (χ1) is 18.8. The van der Waals surface area contributed by atoms with Gasteiger partial charge in [-0.1, -0.05) is 65.8 Å². The lowest BCUT2D eigenvalue weighted by molar-refractivity contribution is -0.140. The van der Waals surface area contributed by atoms with Gasteiger partial charge in [-0.25, -0.2) is 0 Å². The van der Waals surface area contributed by atoms with Gasteiger partial charge < -0.3 is 14.9 Å². The van der Waals surface area contributed by atoms with E-state index in [4.69, 9.17) is 0 Å². The van der Waals surface area contributed by atoms with Crippen LogP contribution in [-0.2, 0) is 10.4 Å². The maximum Gasteiger partial charge on any atom is 0.227 e. The lowest BCUT2D eigenvalue weighted by Gasteiger charge is -2.55. The fourth-order valence-electron chi connectivity index (χ4n) is 6.69. The van der Waals surface area contributed by atoms with Crippen molar-refractivity contribution in [2.24, 2.45) is 10.8 Å². The van der Waals surface area contributed by atoms with E-state index in [9.17, 15) is 9.90 Å². The minimum absolute atomic E-state index is 0.219. The molecule has 7 nitrogen and oxygen atoms in total. The second-order valence-electron chi connectivity index (χ2n) is 13.7. The number of aromatic amines is 1. The zero-order valence-corrected chi connectivity index (χ0v) is 25.2. The summed E-state index contributed by atoms with van der Waals surface area (Å²) in [7, 11) is 2.09. The number of H-pyrrole nitrogens is 1. The molecule has 0 unspecified atom stereocenters. The Labute approximate surface area is 239 Å². The minimum Gasteiger partial charge on any atom is -0.380 e. The number of benzene rings is 1. The molecule has 5 rings (SSSR count). The van der Waals surface area contributed by atoms with Crippen molar-refractivity contribution in [1.29, 1.82) is 0 Å². The number of nitrogens with one attached hydrogen (secondary N) is 1. The molecular weight excluding hydrogens is 498 g/mol. The van der Waals surface area contributed by atoms with Gasteiger partial charge in [-0.05, 0) is 49.1 Å². The normalized spacial score (nSPS) is 19.9. The van der Waals surface area contributed by atoms with Gasteiger partial charge in [0.2, 0.25) is 5.91 Å². The third-order valence-electron chi connectivity index (χ3n) is 9.02. The number of piperidine rings is 1. The highest BCUT2D eigenvalue weighted by atomic mass is 16.3. The van der Waals surface area contributed by atoms with Gasteiger partial charge in [0, 0.05) is 72.1 Å². The lowest BCUT2D eigenvalue weighted by atomic mass is 9.62. The van der Waals surface area contributed by atoms with Crippen molar-refractivity contribution in [1.82, 2.24) is 25.0 Å². The number of aliphatic hydroxyl groups is 1. The van der Waals surface area contributed by atoms with Crippen LogP contribution in [0.25, 0.3) is 11.3 Å². The van der Waals surface area contributed by atoms with Crippen LogP contribution in [0.3, 0.4) is 0 Å². The number of pyridine rings is 1. The van der Waals surface area contributed by atoms with E-state index in [1.165, 1.54) is 5.56 Å². The van der Waals surface area contributed by atoms with E-state index >= 15 is 0 Å². The molecule has 1 aromatic carbocycles. The third kappa shape index (κ3) is 5.10. The first-order valence-corrected chi connectivity index (χ1v) is 14.6. The minimum atomic E-state index is -1.19. The van der Waals surface area contributed by atoms with Gasteiger partial charge >= 0.3 is 0 Å². The Morgan fingerprint density at radius 2 is 1.70 bits per heavy atom. The van der Waals surface area contributed by atoms with Crippen molar-refractivity contribution in [3.63, 3.8) is 0 Å². The smallest absolute Gasteiger partial charge is 0.227 e. The van der Waals surface area contributed by atoms with Crippen LogP contribution in [0.5, 0.6) is 0 Å². The second-order valence-corrected chi connectivity index (χ2v) is 13.7. The van der Waals surface area contributed by atoms with Crippen LogP contribution in [0.1, 0.15) is 88.6 Å². The van der Waals surface area contributed by atoms with Crippen LogP contribution < -0.4 is 0 Å². The van der Waals surface area contributed by atoms with Gasteiger partial charge in [0.1, 0.15) is 5.60 Å². The molecule has 0 aliphatic carbocycles. The second kappa shape index (κ2) is 10.4. The molecule has 214 valence electrons. The largest absolute Gasteiger partial charge is 0.380 e. The molecule has 2 aliphatic heterocycles. The molecule has 2 saturated heterocycles. The van der Waals surface area contributed by atoms with Gasteiger partial charge in [0.05, 0.1) is 5.69 Å². The Morgan fingerprint density at radius 3 is 2.27 bits per heavy atom. The van der Waals surface area contributed by atoms with Crippen molar-refractivity contribution >= 4 is 5.91 Å². The molecule has 0 saturated carbocycles. The van der Waals surface area contributed by atoms with E-state index in [0.717, 1.165) is 67.1 Å². The molecule has 2 aromatic heterocycles. The van der Waals surface area contributed by atoms with Gasteiger partial charge in [0.25, 0.3) is 0 Å². The summed E-state index contributed by atoms with van der Waals surface area (Å²) >= 11 is 0. The summed E-state index contributed by atoms with van der Waals surface area (Å²) in [5.74, 6) is 0.983. The Bertz CT molecular complexity index is 1340. The molecule has 0 bridgehead atoms. The molecule has 2 aliphatic rings. The highest BCUT2D eigenvalue weighted by Crippen LogP contribution is 2.50. The van der Waals surface area contributed by atoms with Crippen LogP contribution in [0.2, 0.25) is 0 Å². The first kappa shape index (κ1) is 28.5. The number of amides is 1. The third-order valence-corrected chi connectivity index (χ3v) is 9.02. The zero-order valence-electron chi connectivity index (χ0n) is 25.2. The number of likely N-dealkylation sites (tertiary alicyclic amines) is 2. The van der Waals surface area contributed by atoms with Crippen molar-refractivity contribution in [3.05, 3.63) is 71.2 Å². The lowest BCUT2D eigenvalue weighted by Crippen LogP contribution is -2.63. The van der Waals surface area contributed by atoms with Gasteiger partial charge in [-0.15, -0.1) is 0 Å². The van der Waals surface area contributed by atoms with Crippen molar-refractivity contribution in [3.8, 4) is 11.3 Å². The average Bonchev–Trinajstić information content (AvgIpc) is 3.41. The number of nitrogens with zero attached hydrogens (tertiary/aromatic N) is 4. The summed E-state index contributed by atoms with van der Waals surface area (Å²) in [4.78, 5) is 21.5. The molecule has 0 spiro atoms. The molecule has 3 aromatic rings. The zero-order chi connectivity index (χ0) is 28.9. The average molecular weight is 544 g/mol. The Kier molecular flexibility index (Phi) is 7.42. The van der Waals surface area contributed by atoms with E-state index in [-0.39, 0.29) is 16.7 Å². The number of aromatic nitrogens is 3. The number of hydrogen-bond acceptors (Lipinski definition) is 5. The van der Waals surface area contributed by atoms with Crippen LogP contribution in [-0.4, -0.2) is 69.2 Å². The monoisotopic (exact) mass is 543 g/mol.